The predicted octanol–water partition coefficient (Wildman–Crippen LogP) is 1.77. The summed E-state index contributed by atoms with van der Waals surface area (Å²) in [6, 6.07) is 0.120. The number of ether oxygens (including phenoxy) is 1. The molecular formula is C11H21NO3. The Morgan fingerprint density at radius 2 is 2.00 bits per heavy atom. The first kappa shape index (κ1) is 12.3. The maximum absolute atomic E-state index is 11.7. The molecule has 0 unspecified atom stereocenters. The van der Waals surface area contributed by atoms with Gasteiger partial charge in [-0.2, -0.15) is 0 Å². The highest BCUT2D eigenvalue weighted by molar-refractivity contribution is 5.68. The zero-order chi connectivity index (χ0) is 11.6. The zero-order valence-corrected chi connectivity index (χ0v) is 9.99. The number of nitrogens with zero attached hydrogens (tertiary/aromatic N) is 1. The second-order valence-corrected chi connectivity index (χ2v) is 5.21. The van der Waals surface area contributed by atoms with Gasteiger partial charge in [0, 0.05) is 13.1 Å². The fourth-order valence-corrected chi connectivity index (χ4v) is 1.77. The summed E-state index contributed by atoms with van der Waals surface area (Å²) >= 11 is 0. The van der Waals surface area contributed by atoms with E-state index in [0.29, 0.717) is 6.42 Å². The molecule has 4 nitrogen and oxygen atoms in total. The van der Waals surface area contributed by atoms with Crippen molar-refractivity contribution in [3.63, 3.8) is 0 Å². The molecule has 1 N–H and O–H groups in total. The predicted molar refractivity (Wildman–Crippen MR) is 57.6 cm³/mol. The van der Waals surface area contributed by atoms with E-state index in [9.17, 15) is 9.90 Å². The van der Waals surface area contributed by atoms with E-state index < -0.39 is 5.60 Å². The SMILES string of the molecule is CN(C(=O)OC(C)(C)C)[C@H]1CC[C@H](O)C1. The molecule has 0 spiro atoms. The lowest BCUT2D eigenvalue weighted by atomic mass is 10.2. The third-order valence-corrected chi connectivity index (χ3v) is 2.61. The van der Waals surface area contributed by atoms with Crippen molar-refractivity contribution in [1.82, 2.24) is 4.90 Å². The molecule has 1 fully saturated rings. The van der Waals surface area contributed by atoms with E-state index in [4.69, 9.17) is 4.74 Å². The fraction of sp³-hybridized carbons (Fsp3) is 0.909. The van der Waals surface area contributed by atoms with Crippen LogP contribution in [0, 0.1) is 0 Å². The summed E-state index contributed by atoms with van der Waals surface area (Å²) in [5, 5.41) is 9.38. The van der Waals surface area contributed by atoms with E-state index in [1.54, 1.807) is 11.9 Å². The largest absolute Gasteiger partial charge is 0.444 e. The third kappa shape index (κ3) is 3.70. The molecule has 0 heterocycles. The van der Waals surface area contributed by atoms with Gasteiger partial charge in [-0.15, -0.1) is 0 Å². The van der Waals surface area contributed by atoms with Gasteiger partial charge in [-0.05, 0) is 40.0 Å². The summed E-state index contributed by atoms with van der Waals surface area (Å²) < 4.78 is 5.25. The molecule has 1 aliphatic carbocycles. The lowest BCUT2D eigenvalue weighted by Gasteiger charge is -2.28. The van der Waals surface area contributed by atoms with Gasteiger partial charge in [-0.25, -0.2) is 4.79 Å². The summed E-state index contributed by atoms with van der Waals surface area (Å²) in [4.78, 5) is 13.3. The van der Waals surface area contributed by atoms with Gasteiger partial charge in [0.2, 0.25) is 0 Å². The van der Waals surface area contributed by atoms with Crippen molar-refractivity contribution in [3.8, 4) is 0 Å². The van der Waals surface area contributed by atoms with Crippen LogP contribution in [0.15, 0.2) is 0 Å². The quantitative estimate of drug-likeness (QED) is 0.725. The maximum atomic E-state index is 11.7. The number of aliphatic hydroxyl groups is 1. The van der Waals surface area contributed by atoms with Gasteiger partial charge in [0.1, 0.15) is 5.60 Å². The molecule has 1 saturated carbocycles. The van der Waals surface area contributed by atoms with Gasteiger partial charge in [-0.1, -0.05) is 0 Å². The molecular weight excluding hydrogens is 194 g/mol. The van der Waals surface area contributed by atoms with E-state index >= 15 is 0 Å². The van der Waals surface area contributed by atoms with Crippen LogP contribution in [0.2, 0.25) is 0 Å². The average molecular weight is 215 g/mol. The minimum absolute atomic E-state index is 0.120. The molecule has 0 aromatic carbocycles. The molecule has 15 heavy (non-hydrogen) atoms. The molecule has 1 amide bonds. The Hall–Kier alpha value is -0.770. The van der Waals surface area contributed by atoms with Gasteiger partial charge in [0.15, 0.2) is 0 Å². The van der Waals surface area contributed by atoms with E-state index in [-0.39, 0.29) is 18.2 Å². The number of amides is 1. The van der Waals surface area contributed by atoms with Gasteiger partial charge < -0.3 is 14.7 Å². The Bertz CT molecular complexity index is 234. The summed E-state index contributed by atoms with van der Waals surface area (Å²) in [5.41, 5.74) is -0.456. The van der Waals surface area contributed by atoms with Crippen LogP contribution in [0.25, 0.3) is 0 Å². The van der Waals surface area contributed by atoms with Crippen molar-refractivity contribution < 1.29 is 14.6 Å². The van der Waals surface area contributed by atoms with Gasteiger partial charge in [0.05, 0.1) is 6.10 Å². The topological polar surface area (TPSA) is 49.8 Å². The van der Waals surface area contributed by atoms with E-state index in [0.717, 1.165) is 12.8 Å². The van der Waals surface area contributed by atoms with E-state index in [2.05, 4.69) is 0 Å². The van der Waals surface area contributed by atoms with Crippen LogP contribution >= 0.6 is 0 Å². The minimum Gasteiger partial charge on any atom is -0.444 e. The average Bonchev–Trinajstić information content (AvgIpc) is 2.47. The highest BCUT2D eigenvalue weighted by Crippen LogP contribution is 2.24. The Morgan fingerprint density at radius 3 is 2.40 bits per heavy atom. The van der Waals surface area contributed by atoms with Crippen molar-refractivity contribution in [2.45, 2.75) is 57.8 Å². The molecule has 2 atom stereocenters. The molecule has 4 heteroatoms. The van der Waals surface area contributed by atoms with Crippen LogP contribution in [0.5, 0.6) is 0 Å². The monoisotopic (exact) mass is 215 g/mol. The van der Waals surface area contributed by atoms with Crippen molar-refractivity contribution in [1.29, 1.82) is 0 Å². The first-order valence-corrected chi connectivity index (χ1v) is 5.43. The van der Waals surface area contributed by atoms with Crippen LogP contribution in [-0.4, -0.2) is 40.9 Å². The second kappa shape index (κ2) is 4.39. The van der Waals surface area contributed by atoms with Crippen molar-refractivity contribution in [2.75, 3.05) is 7.05 Å². The number of rotatable bonds is 1. The summed E-state index contributed by atoms with van der Waals surface area (Å²) in [5.74, 6) is 0. The summed E-state index contributed by atoms with van der Waals surface area (Å²) in [7, 11) is 1.73. The Kier molecular flexibility index (Phi) is 3.60. The smallest absolute Gasteiger partial charge is 0.410 e. The van der Waals surface area contributed by atoms with E-state index in [1.165, 1.54) is 0 Å². The van der Waals surface area contributed by atoms with Crippen molar-refractivity contribution in [2.24, 2.45) is 0 Å². The van der Waals surface area contributed by atoms with Crippen LogP contribution in [0.4, 0.5) is 4.79 Å². The molecule has 0 bridgehead atoms. The van der Waals surface area contributed by atoms with E-state index in [1.807, 2.05) is 20.8 Å². The number of aliphatic hydroxyl groups excluding tert-OH is 1. The van der Waals surface area contributed by atoms with Crippen LogP contribution in [0.3, 0.4) is 0 Å². The van der Waals surface area contributed by atoms with Crippen LogP contribution in [0.1, 0.15) is 40.0 Å². The maximum Gasteiger partial charge on any atom is 0.410 e. The van der Waals surface area contributed by atoms with Crippen LogP contribution < -0.4 is 0 Å². The summed E-state index contributed by atoms with van der Waals surface area (Å²) in [6.45, 7) is 5.55. The van der Waals surface area contributed by atoms with Gasteiger partial charge >= 0.3 is 6.09 Å². The number of carbonyl (C=O) groups is 1. The first-order chi connectivity index (χ1) is 6.79. The molecule has 88 valence electrons. The lowest BCUT2D eigenvalue weighted by molar-refractivity contribution is 0.0217. The second-order valence-electron chi connectivity index (χ2n) is 5.21. The fourth-order valence-electron chi connectivity index (χ4n) is 1.77. The van der Waals surface area contributed by atoms with Gasteiger partial charge in [-0.3, -0.25) is 0 Å². The standard InChI is InChI=1S/C11H21NO3/c1-11(2,3)15-10(14)12(4)8-5-6-9(13)7-8/h8-9,13H,5-7H2,1-4H3/t8-,9-/m0/s1. The van der Waals surface area contributed by atoms with Crippen molar-refractivity contribution >= 4 is 6.09 Å². The molecule has 1 rings (SSSR count). The molecule has 0 radical (unpaired) electrons. The molecule has 1 aliphatic rings. The zero-order valence-electron chi connectivity index (χ0n) is 9.99. The highest BCUT2D eigenvalue weighted by Gasteiger charge is 2.30. The molecule has 0 aromatic rings. The van der Waals surface area contributed by atoms with Crippen LogP contribution in [-0.2, 0) is 4.74 Å². The Labute approximate surface area is 91.2 Å². The molecule has 0 saturated heterocycles. The summed E-state index contributed by atoms with van der Waals surface area (Å²) in [6.07, 6.45) is 1.73. The third-order valence-electron chi connectivity index (χ3n) is 2.61. The van der Waals surface area contributed by atoms with Gasteiger partial charge in [0.25, 0.3) is 0 Å². The normalized spacial score (nSPS) is 26.5. The number of carbonyl (C=O) groups excluding carboxylic acids is 1. The lowest BCUT2D eigenvalue weighted by Crippen LogP contribution is -2.39. The molecule has 0 aliphatic heterocycles. The molecule has 0 aromatic heterocycles. The van der Waals surface area contributed by atoms with Crippen molar-refractivity contribution in [3.05, 3.63) is 0 Å². The highest BCUT2D eigenvalue weighted by atomic mass is 16.6. The first-order valence-electron chi connectivity index (χ1n) is 5.43. The number of hydrogen-bond acceptors (Lipinski definition) is 3. The Morgan fingerprint density at radius 1 is 1.40 bits per heavy atom. The number of hydrogen-bond donors (Lipinski definition) is 1. The Balaban J connectivity index is 2.46. The minimum atomic E-state index is -0.456.